The highest BCUT2D eigenvalue weighted by Crippen LogP contribution is 2.47. The van der Waals surface area contributed by atoms with E-state index < -0.39 is 15.6 Å². The lowest BCUT2D eigenvalue weighted by atomic mass is 11.0. The Hall–Kier alpha value is 0.250. The fourth-order valence-corrected chi connectivity index (χ4v) is 2.04. The standard InChI is InChI=1S/C3H8O4P2/c1-3-8(4)7-9(2,5)6/h3H2,1-2H3/p+1. The Labute approximate surface area is 54.6 Å². The van der Waals surface area contributed by atoms with Gasteiger partial charge < -0.3 is 4.89 Å². The van der Waals surface area contributed by atoms with Gasteiger partial charge in [0, 0.05) is 6.66 Å². The van der Waals surface area contributed by atoms with Gasteiger partial charge >= 0.3 is 15.6 Å². The van der Waals surface area contributed by atoms with Crippen molar-refractivity contribution >= 4 is 15.6 Å². The van der Waals surface area contributed by atoms with Gasteiger partial charge in [-0.15, -0.1) is 0 Å². The molecule has 1 N–H and O–H groups in total. The van der Waals surface area contributed by atoms with E-state index in [1.54, 1.807) is 6.92 Å². The SMILES string of the molecule is CC[P+](=O)OP(C)(=O)O. The van der Waals surface area contributed by atoms with Crippen LogP contribution in [0.25, 0.3) is 0 Å². The highest BCUT2D eigenvalue weighted by molar-refractivity contribution is 7.60. The van der Waals surface area contributed by atoms with Crippen molar-refractivity contribution in [3.05, 3.63) is 0 Å². The average molecular weight is 171 g/mol. The zero-order valence-corrected chi connectivity index (χ0v) is 7.06. The second-order valence-corrected chi connectivity index (χ2v) is 5.09. The fraction of sp³-hybridized carbons (Fsp3) is 1.00. The third kappa shape index (κ3) is 6.13. The average Bonchev–Trinajstić information content (AvgIpc) is 1.62. The van der Waals surface area contributed by atoms with Crippen molar-refractivity contribution in [2.45, 2.75) is 6.92 Å². The lowest BCUT2D eigenvalue weighted by Crippen LogP contribution is -1.77. The molecule has 6 heteroatoms. The van der Waals surface area contributed by atoms with Crippen molar-refractivity contribution < 1.29 is 18.3 Å². The summed E-state index contributed by atoms with van der Waals surface area (Å²) in [5, 5.41) is 0. The van der Waals surface area contributed by atoms with Gasteiger partial charge in [0.15, 0.2) is 6.16 Å². The summed E-state index contributed by atoms with van der Waals surface area (Å²) in [6, 6.07) is 0. The Kier molecular flexibility index (Phi) is 3.52. The minimum absolute atomic E-state index is 0.272. The maximum absolute atomic E-state index is 10.4. The van der Waals surface area contributed by atoms with E-state index >= 15 is 0 Å². The van der Waals surface area contributed by atoms with Gasteiger partial charge in [-0.05, 0) is 11.5 Å². The number of rotatable bonds is 3. The van der Waals surface area contributed by atoms with Crippen LogP contribution in [0, 0.1) is 0 Å². The van der Waals surface area contributed by atoms with Gasteiger partial charge in [-0.1, -0.05) is 4.31 Å². The molecule has 4 nitrogen and oxygen atoms in total. The first-order valence-electron chi connectivity index (χ1n) is 2.40. The van der Waals surface area contributed by atoms with Crippen molar-refractivity contribution in [1.82, 2.24) is 0 Å². The van der Waals surface area contributed by atoms with Gasteiger partial charge in [-0.25, -0.2) is 0 Å². The molecule has 0 aromatic heterocycles. The van der Waals surface area contributed by atoms with E-state index in [0.717, 1.165) is 6.66 Å². The fourth-order valence-electron chi connectivity index (χ4n) is 0.227. The van der Waals surface area contributed by atoms with Crippen LogP contribution in [0.2, 0.25) is 0 Å². The van der Waals surface area contributed by atoms with E-state index in [9.17, 15) is 9.13 Å². The summed E-state index contributed by atoms with van der Waals surface area (Å²) in [6.45, 7) is 2.63. The van der Waals surface area contributed by atoms with Crippen LogP contribution in [0.3, 0.4) is 0 Å². The molecule has 0 radical (unpaired) electrons. The third-order valence-electron chi connectivity index (χ3n) is 0.501. The molecule has 2 atom stereocenters. The molecule has 0 aromatic carbocycles. The molecule has 0 heterocycles. The lowest BCUT2D eigenvalue weighted by molar-refractivity contribution is 0.390. The first kappa shape index (κ1) is 9.25. The molecule has 0 aliphatic rings. The molecule has 0 saturated carbocycles. The van der Waals surface area contributed by atoms with E-state index in [1.807, 2.05) is 0 Å². The molecule has 0 aliphatic carbocycles. The van der Waals surface area contributed by atoms with Crippen LogP contribution >= 0.6 is 15.6 Å². The third-order valence-corrected chi connectivity index (χ3v) is 2.96. The summed E-state index contributed by atoms with van der Waals surface area (Å²) in [6.07, 6.45) is 0.272. The van der Waals surface area contributed by atoms with Crippen molar-refractivity contribution in [2.75, 3.05) is 12.8 Å². The first-order valence-corrected chi connectivity index (χ1v) is 5.79. The van der Waals surface area contributed by atoms with E-state index in [4.69, 9.17) is 4.89 Å². The lowest BCUT2D eigenvalue weighted by Gasteiger charge is -1.91. The Morgan fingerprint density at radius 3 is 2.33 bits per heavy atom. The predicted molar refractivity (Wildman–Crippen MR) is 35.0 cm³/mol. The zero-order chi connectivity index (χ0) is 7.49. The molecule has 0 aromatic rings. The molecule has 0 saturated heterocycles. The summed E-state index contributed by atoms with van der Waals surface area (Å²) in [5.41, 5.74) is 0. The molecule has 0 rings (SSSR count). The van der Waals surface area contributed by atoms with Crippen LogP contribution < -0.4 is 0 Å². The molecule has 2 unspecified atom stereocenters. The molecule has 0 fully saturated rings. The van der Waals surface area contributed by atoms with Gasteiger partial charge in [-0.3, -0.25) is 4.57 Å². The second-order valence-electron chi connectivity index (χ2n) is 1.53. The van der Waals surface area contributed by atoms with Crippen molar-refractivity contribution in [1.29, 1.82) is 0 Å². The van der Waals surface area contributed by atoms with Crippen LogP contribution in [0.1, 0.15) is 6.92 Å². The van der Waals surface area contributed by atoms with Crippen LogP contribution in [-0.4, -0.2) is 17.7 Å². The van der Waals surface area contributed by atoms with E-state index in [1.165, 1.54) is 0 Å². The normalized spacial score (nSPS) is 18.8. The van der Waals surface area contributed by atoms with Gasteiger partial charge in [0.2, 0.25) is 0 Å². The smallest absolute Gasteiger partial charge is 0.322 e. The molecule has 0 aliphatic heterocycles. The van der Waals surface area contributed by atoms with Crippen molar-refractivity contribution in [3.8, 4) is 0 Å². The Morgan fingerprint density at radius 2 is 2.22 bits per heavy atom. The maximum Gasteiger partial charge on any atom is 0.516 e. The summed E-state index contributed by atoms with van der Waals surface area (Å²) in [4.78, 5) is 8.47. The molecular weight excluding hydrogens is 162 g/mol. The quantitative estimate of drug-likeness (QED) is 0.654. The number of hydrogen-bond acceptors (Lipinski definition) is 3. The highest BCUT2D eigenvalue weighted by atomic mass is 31.2. The van der Waals surface area contributed by atoms with Crippen LogP contribution in [-0.2, 0) is 13.4 Å². The molecule has 54 valence electrons. The Balaban J connectivity index is 3.75. The van der Waals surface area contributed by atoms with E-state index in [2.05, 4.69) is 4.31 Å². The van der Waals surface area contributed by atoms with E-state index in [0.29, 0.717) is 0 Å². The molecule has 0 spiro atoms. The molecular formula is C3H9O4P2+. The Morgan fingerprint density at radius 1 is 1.78 bits per heavy atom. The summed E-state index contributed by atoms with van der Waals surface area (Å²) >= 11 is 0. The van der Waals surface area contributed by atoms with Gasteiger partial charge in [0.05, 0.1) is 0 Å². The van der Waals surface area contributed by atoms with E-state index in [-0.39, 0.29) is 6.16 Å². The second kappa shape index (κ2) is 3.43. The highest BCUT2D eigenvalue weighted by Gasteiger charge is 2.25. The largest absolute Gasteiger partial charge is 0.516 e. The Bertz CT molecular complexity index is 148. The maximum atomic E-state index is 10.4. The molecule has 0 amide bonds. The van der Waals surface area contributed by atoms with Crippen LogP contribution in [0.5, 0.6) is 0 Å². The van der Waals surface area contributed by atoms with Crippen LogP contribution in [0.4, 0.5) is 0 Å². The zero-order valence-electron chi connectivity index (χ0n) is 5.27. The van der Waals surface area contributed by atoms with Gasteiger partial charge in [0.25, 0.3) is 0 Å². The minimum Gasteiger partial charge on any atom is -0.322 e. The summed E-state index contributed by atoms with van der Waals surface area (Å²) in [7, 11) is -5.45. The van der Waals surface area contributed by atoms with Gasteiger partial charge in [0.1, 0.15) is 0 Å². The monoisotopic (exact) mass is 171 g/mol. The summed E-state index contributed by atoms with van der Waals surface area (Å²) in [5.74, 6) is 0. The summed E-state index contributed by atoms with van der Waals surface area (Å²) < 4.78 is 25.0. The number of hydrogen-bond donors (Lipinski definition) is 1. The van der Waals surface area contributed by atoms with Gasteiger partial charge in [-0.2, -0.15) is 0 Å². The first-order chi connectivity index (χ1) is 3.95. The minimum atomic E-state index is -3.52. The molecule has 0 bridgehead atoms. The molecule has 9 heavy (non-hydrogen) atoms. The van der Waals surface area contributed by atoms with Crippen LogP contribution in [0.15, 0.2) is 0 Å². The topological polar surface area (TPSA) is 63.6 Å². The van der Waals surface area contributed by atoms with Crippen molar-refractivity contribution in [3.63, 3.8) is 0 Å². The van der Waals surface area contributed by atoms with Crippen molar-refractivity contribution in [2.24, 2.45) is 0 Å². The predicted octanol–water partition coefficient (Wildman–Crippen LogP) is 1.58.